The maximum atomic E-state index is 5.63. The molecule has 4 nitrogen and oxygen atoms in total. The molecule has 84 valence electrons. The largest absolute Gasteiger partial charge is 0.328 e. The molecule has 0 bridgehead atoms. The predicted molar refractivity (Wildman–Crippen MR) is 65.7 cm³/mol. The van der Waals surface area contributed by atoms with Crippen LogP contribution in [-0.4, -0.2) is 21.0 Å². The Morgan fingerprint density at radius 2 is 1.93 bits per heavy atom. The molecule has 1 saturated carbocycles. The SMILES string of the molecule is NC1CCCCC1.S=c1nc[nH]c(=S)[nH]1. The fourth-order valence-corrected chi connectivity index (χ4v) is 1.82. The Hall–Kier alpha value is -0.590. The van der Waals surface area contributed by atoms with Gasteiger partial charge in [0, 0.05) is 6.04 Å². The quantitative estimate of drug-likeness (QED) is 0.613. The number of aromatic amines is 2. The first kappa shape index (κ1) is 12.5. The van der Waals surface area contributed by atoms with Gasteiger partial charge in [-0.2, -0.15) is 0 Å². The first-order valence-electron chi connectivity index (χ1n) is 5.08. The third-order valence-electron chi connectivity index (χ3n) is 2.25. The molecule has 1 heterocycles. The van der Waals surface area contributed by atoms with Crippen LogP contribution in [0.4, 0.5) is 0 Å². The van der Waals surface area contributed by atoms with E-state index in [2.05, 4.69) is 39.4 Å². The molecule has 0 atom stereocenters. The van der Waals surface area contributed by atoms with Crippen molar-refractivity contribution in [1.82, 2.24) is 15.0 Å². The zero-order valence-corrected chi connectivity index (χ0v) is 10.2. The lowest BCUT2D eigenvalue weighted by Crippen LogP contribution is -2.22. The molecule has 2 rings (SSSR count). The second-order valence-corrected chi connectivity index (χ2v) is 4.35. The van der Waals surface area contributed by atoms with Crippen LogP contribution in [0.1, 0.15) is 32.1 Å². The number of hydrogen-bond donors (Lipinski definition) is 3. The van der Waals surface area contributed by atoms with Gasteiger partial charge in [-0.25, -0.2) is 4.98 Å². The van der Waals surface area contributed by atoms with Crippen molar-refractivity contribution in [3.05, 3.63) is 15.9 Å². The summed E-state index contributed by atoms with van der Waals surface area (Å²) in [6, 6.07) is 0.536. The highest BCUT2D eigenvalue weighted by Gasteiger charge is 2.06. The number of rotatable bonds is 0. The van der Waals surface area contributed by atoms with E-state index in [4.69, 9.17) is 5.73 Å². The van der Waals surface area contributed by atoms with Crippen molar-refractivity contribution < 1.29 is 0 Å². The molecular weight excluding hydrogens is 228 g/mol. The van der Waals surface area contributed by atoms with E-state index in [9.17, 15) is 0 Å². The van der Waals surface area contributed by atoms with Crippen LogP contribution in [-0.2, 0) is 0 Å². The molecule has 1 aromatic rings. The fraction of sp³-hybridized carbons (Fsp3) is 0.667. The van der Waals surface area contributed by atoms with Gasteiger partial charge in [0.2, 0.25) is 0 Å². The maximum Gasteiger partial charge on any atom is 0.200 e. The molecule has 6 heteroatoms. The highest BCUT2D eigenvalue weighted by molar-refractivity contribution is 7.71. The van der Waals surface area contributed by atoms with Crippen LogP contribution in [0.25, 0.3) is 0 Å². The van der Waals surface area contributed by atoms with Crippen LogP contribution < -0.4 is 5.73 Å². The van der Waals surface area contributed by atoms with Crippen LogP contribution >= 0.6 is 24.4 Å². The number of nitrogens with zero attached hydrogens (tertiary/aromatic N) is 1. The minimum atomic E-state index is 0.411. The van der Waals surface area contributed by atoms with E-state index in [0.717, 1.165) is 0 Å². The van der Waals surface area contributed by atoms with E-state index in [1.54, 1.807) is 0 Å². The second kappa shape index (κ2) is 6.81. The van der Waals surface area contributed by atoms with Gasteiger partial charge in [0.15, 0.2) is 9.54 Å². The monoisotopic (exact) mass is 244 g/mol. The molecule has 0 saturated heterocycles. The minimum Gasteiger partial charge on any atom is -0.328 e. The van der Waals surface area contributed by atoms with E-state index < -0.39 is 0 Å². The molecule has 1 aliphatic rings. The van der Waals surface area contributed by atoms with Crippen molar-refractivity contribution >= 4 is 24.4 Å². The molecule has 0 spiro atoms. The summed E-state index contributed by atoms with van der Waals surface area (Å²) in [6.07, 6.45) is 8.12. The molecule has 0 aliphatic heterocycles. The summed E-state index contributed by atoms with van der Waals surface area (Å²) in [5.74, 6) is 0. The van der Waals surface area contributed by atoms with Gasteiger partial charge < -0.3 is 15.7 Å². The normalized spacial score (nSPS) is 16.6. The summed E-state index contributed by atoms with van der Waals surface area (Å²) in [7, 11) is 0. The van der Waals surface area contributed by atoms with Gasteiger partial charge in [0.05, 0.1) is 6.33 Å². The number of H-pyrrole nitrogens is 2. The Bertz CT molecular complexity index is 353. The van der Waals surface area contributed by atoms with Gasteiger partial charge in [-0.1, -0.05) is 19.3 Å². The minimum absolute atomic E-state index is 0.411. The van der Waals surface area contributed by atoms with Gasteiger partial charge in [0.25, 0.3) is 0 Å². The van der Waals surface area contributed by atoms with Crippen molar-refractivity contribution in [2.24, 2.45) is 5.73 Å². The standard InChI is InChI=1S/C6H13N.C3H3N3S2/c7-6-4-2-1-3-5-6;7-2-4-1-5-3(8)6-2/h6H,1-5,7H2;1H,(H2,4,5,6,7,8). The summed E-state index contributed by atoms with van der Waals surface area (Å²) in [4.78, 5) is 8.96. The first-order valence-corrected chi connectivity index (χ1v) is 5.90. The number of nitrogens with one attached hydrogen (secondary N) is 2. The third-order valence-corrected chi connectivity index (χ3v) is 2.68. The Morgan fingerprint density at radius 1 is 1.27 bits per heavy atom. The van der Waals surface area contributed by atoms with Crippen LogP contribution in [0, 0.1) is 9.54 Å². The molecule has 0 amide bonds. The zero-order valence-electron chi connectivity index (χ0n) is 8.53. The average molecular weight is 244 g/mol. The van der Waals surface area contributed by atoms with Crippen molar-refractivity contribution in [2.45, 2.75) is 38.1 Å². The summed E-state index contributed by atoms with van der Waals surface area (Å²) < 4.78 is 0.916. The molecule has 4 N–H and O–H groups in total. The fourth-order valence-electron chi connectivity index (χ4n) is 1.45. The van der Waals surface area contributed by atoms with E-state index in [1.807, 2.05) is 0 Å². The summed E-state index contributed by atoms with van der Waals surface area (Å²) >= 11 is 9.33. The van der Waals surface area contributed by atoms with Gasteiger partial charge in [0.1, 0.15) is 0 Å². The molecule has 15 heavy (non-hydrogen) atoms. The highest BCUT2D eigenvalue weighted by atomic mass is 32.1. The van der Waals surface area contributed by atoms with E-state index in [-0.39, 0.29) is 0 Å². The van der Waals surface area contributed by atoms with Crippen molar-refractivity contribution in [3.8, 4) is 0 Å². The Balaban J connectivity index is 0.000000151. The van der Waals surface area contributed by atoms with Crippen LogP contribution in [0.5, 0.6) is 0 Å². The van der Waals surface area contributed by atoms with Crippen molar-refractivity contribution in [2.75, 3.05) is 0 Å². The summed E-state index contributed by atoms with van der Waals surface area (Å²) in [5.41, 5.74) is 5.63. The number of hydrogen-bond acceptors (Lipinski definition) is 4. The van der Waals surface area contributed by atoms with Crippen LogP contribution in [0.15, 0.2) is 6.33 Å². The third kappa shape index (κ3) is 5.76. The van der Waals surface area contributed by atoms with Gasteiger partial charge in [-0.05, 0) is 37.3 Å². The van der Waals surface area contributed by atoms with Crippen LogP contribution in [0.2, 0.25) is 0 Å². The van der Waals surface area contributed by atoms with Gasteiger partial charge >= 0.3 is 0 Å². The average Bonchev–Trinajstić information content (AvgIpc) is 2.19. The van der Waals surface area contributed by atoms with Crippen molar-refractivity contribution in [1.29, 1.82) is 0 Å². The Morgan fingerprint density at radius 3 is 2.27 bits per heavy atom. The predicted octanol–water partition coefficient (Wildman–Crippen LogP) is 2.47. The highest BCUT2D eigenvalue weighted by Crippen LogP contribution is 2.14. The van der Waals surface area contributed by atoms with E-state index in [0.29, 0.717) is 15.6 Å². The van der Waals surface area contributed by atoms with Crippen molar-refractivity contribution in [3.63, 3.8) is 0 Å². The van der Waals surface area contributed by atoms with E-state index in [1.165, 1.54) is 38.4 Å². The lowest BCUT2D eigenvalue weighted by molar-refractivity contribution is 0.441. The van der Waals surface area contributed by atoms with Gasteiger partial charge in [-0.15, -0.1) is 0 Å². The summed E-state index contributed by atoms with van der Waals surface area (Å²) in [6.45, 7) is 0. The lowest BCUT2D eigenvalue weighted by Gasteiger charge is -2.15. The summed E-state index contributed by atoms with van der Waals surface area (Å²) in [5, 5.41) is 0. The molecule has 1 aromatic heterocycles. The molecule has 1 aliphatic carbocycles. The van der Waals surface area contributed by atoms with Crippen LogP contribution in [0.3, 0.4) is 0 Å². The molecule has 1 fully saturated rings. The topological polar surface area (TPSA) is 70.5 Å². The second-order valence-electron chi connectivity index (χ2n) is 3.56. The maximum absolute atomic E-state index is 5.63. The molecule has 0 radical (unpaired) electrons. The Labute approximate surface area is 99.3 Å². The smallest absolute Gasteiger partial charge is 0.200 e. The lowest BCUT2D eigenvalue weighted by atomic mass is 9.97. The Kier molecular flexibility index (Phi) is 5.67. The zero-order chi connectivity index (χ0) is 11.1. The first-order chi connectivity index (χ1) is 7.18. The van der Waals surface area contributed by atoms with E-state index >= 15 is 0 Å². The number of nitrogens with two attached hydrogens (primary N) is 1. The molecule has 0 aromatic carbocycles. The number of aromatic nitrogens is 3. The molecule has 0 unspecified atom stereocenters. The molecular formula is C9H16N4S2. The van der Waals surface area contributed by atoms with Gasteiger partial charge in [-0.3, -0.25) is 0 Å².